The van der Waals surface area contributed by atoms with Crippen molar-refractivity contribution in [2.24, 2.45) is 0 Å². The van der Waals surface area contributed by atoms with E-state index < -0.39 is 0 Å². The molecule has 0 fully saturated rings. The molecule has 0 saturated carbocycles. The summed E-state index contributed by atoms with van der Waals surface area (Å²) in [6, 6.07) is 10.0. The van der Waals surface area contributed by atoms with Gasteiger partial charge in [-0.3, -0.25) is 0 Å². The zero-order valence-corrected chi connectivity index (χ0v) is 9.40. The van der Waals surface area contributed by atoms with Crippen molar-refractivity contribution in [3.63, 3.8) is 0 Å². The molecule has 0 aliphatic rings. The summed E-state index contributed by atoms with van der Waals surface area (Å²) >= 11 is 0. The first-order valence-corrected chi connectivity index (χ1v) is 5.32. The number of benzene rings is 1. The van der Waals surface area contributed by atoms with Crippen LogP contribution in [0, 0.1) is 0 Å². The molecule has 0 bridgehead atoms. The highest BCUT2D eigenvalue weighted by Gasteiger charge is 2.21. The lowest BCUT2D eigenvalue weighted by Crippen LogP contribution is -2.28. The second-order valence-corrected chi connectivity index (χ2v) is 3.95. The predicted molar refractivity (Wildman–Crippen MR) is 60.6 cm³/mol. The van der Waals surface area contributed by atoms with Crippen LogP contribution in [-0.4, -0.2) is 11.9 Å². The first kappa shape index (κ1) is 11.9. The van der Waals surface area contributed by atoms with Crippen molar-refractivity contribution in [3.05, 3.63) is 35.9 Å². The molecule has 2 heteroatoms. The average Bonchev–Trinajstić information content (AvgIpc) is 2.28. The number of carbonyl (C=O) groups excluding carboxylic acids is 1. The van der Waals surface area contributed by atoms with Crippen molar-refractivity contribution in [1.82, 2.24) is 0 Å². The SMILES string of the molecule is CC[C@](C)(CC=O)OCc1ccccc1. The van der Waals surface area contributed by atoms with Gasteiger partial charge in [0.25, 0.3) is 0 Å². The van der Waals surface area contributed by atoms with Gasteiger partial charge in [0.15, 0.2) is 0 Å². The lowest BCUT2D eigenvalue weighted by molar-refractivity contribution is -0.116. The van der Waals surface area contributed by atoms with E-state index in [-0.39, 0.29) is 5.60 Å². The van der Waals surface area contributed by atoms with Crippen molar-refractivity contribution < 1.29 is 9.53 Å². The van der Waals surface area contributed by atoms with Crippen LogP contribution in [0.25, 0.3) is 0 Å². The number of ether oxygens (including phenoxy) is 1. The molecule has 0 N–H and O–H groups in total. The summed E-state index contributed by atoms with van der Waals surface area (Å²) in [5.41, 5.74) is 0.820. The monoisotopic (exact) mass is 206 g/mol. The van der Waals surface area contributed by atoms with Crippen LogP contribution in [-0.2, 0) is 16.1 Å². The van der Waals surface area contributed by atoms with Gasteiger partial charge in [-0.25, -0.2) is 0 Å². The van der Waals surface area contributed by atoms with Gasteiger partial charge in [0.05, 0.1) is 12.2 Å². The average molecular weight is 206 g/mol. The van der Waals surface area contributed by atoms with Gasteiger partial charge >= 0.3 is 0 Å². The molecule has 1 aromatic rings. The van der Waals surface area contributed by atoms with Gasteiger partial charge in [0, 0.05) is 6.42 Å². The van der Waals surface area contributed by atoms with Crippen LogP contribution >= 0.6 is 0 Å². The summed E-state index contributed by atoms with van der Waals surface area (Å²) in [5.74, 6) is 0. The molecule has 0 aliphatic carbocycles. The molecule has 0 saturated heterocycles. The number of aldehydes is 1. The molecule has 1 aromatic carbocycles. The molecule has 2 nitrogen and oxygen atoms in total. The Morgan fingerprint density at radius 2 is 2.00 bits per heavy atom. The van der Waals surface area contributed by atoms with Crippen LogP contribution in [0.4, 0.5) is 0 Å². The number of rotatable bonds is 6. The Balaban J connectivity index is 2.51. The Hall–Kier alpha value is -1.15. The summed E-state index contributed by atoms with van der Waals surface area (Å²) < 4.78 is 5.77. The largest absolute Gasteiger partial charge is 0.370 e. The van der Waals surface area contributed by atoms with Crippen LogP contribution in [0.2, 0.25) is 0 Å². The molecule has 0 spiro atoms. The maximum atomic E-state index is 10.5. The van der Waals surface area contributed by atoms with E-state index in [2.05, 4.69) is 0 Å². The molecule has 0 unspecified atom stereocenters. The summed E-state index contributed by atoms with van der Waals surface area (Å²) in [7, 11) is 0. The van der Waals surface area contributed by atoms with Crippen LogP contribution in [0.5, 0.6) is 0 Å². The standard InChI is InChI=1S/C13H18O2/c1-3-13(2,9-10-14)15-11-12-7-5-4-6-8-12/h4-8,10H,3,9,11H2,1-2H3/t13-/m1/s1. The molecule has 0 aliphatic heterocycles. The Labute approximate surface area is 91.3 Å². The Bertz CT molecular complexity index is 295. The van der Waals surface area contributed by atoms with Gasteiger partial charge in [0.2, 0.25) is 0 Å². The second kappa shape index (κ2) is 5.66. The van der Waals surface area contributed by atoms with E-state index in [1.54, 1.807) is 0 Å². The first-order valence-electron chi connectivity index (χ1n) is 5.32. The second-order valence-electron chi connectivity index (χ2n) is 3.95. The lowest BCUT2D eigenvalue weighted by Gasteiger charge is -2.26. The van der Waals surface area contributed by atoms with Crippen molar-refractivity contribution in [2.75, 3.05) is 0 Å². The maximum absolute atomic E-state index is 10.5. The van der Waals surface area contributed by atoms with E-state index in [1.807, 2.05) is 44.2 Å². The van der Waals surface area contributed by atoms with Gasteiger partial charge in [-0.1, -0.05) is 37.3 Å². The van der Waals surface area contributed by atoms with Crippen molar-refractivity contribution >= 4 is 6.29 Å². The Morgan fingerprint density at radius 1 is 1.33 bits per heavy atom. The van der Waals surface area contributed by atoms with Gasteiger partial charge in [-0.2, -0.15) is 0 Å². The van der Waals surface area contributed by atoms with Crippen LogP contribution in [0.1, 0.15) is 32.3 Å². The Morgan fingerprint density at radius 3 is 2.53 bits per heavy atom. The van der Waals surface area contributed by atoms with Crippen LogP contribution < -0.4 is 0 Å². The van der Waals surface area contributed by atoms with Gasteiger partial charge in [-0.15, -0.1) is 0 Å². The van der Waals surface area contributed by atoms with Gasteiger partial charge in [-0.05, 0) is 18.9 Å². The highest BCUT2D eigenvalue weighted by atomic mass is 16.5. The zero-order valence-electron chi connectivity index (χ0n) is 9.40. The molecule has 1 atom stereocenters. The predicted octanol–water partition coefficient (Wildman–Crippen LogP) is 2.96. The maximum Gasteiger partial charge on any atom is 0.122 e. The fourth-order valence-corrected chi connectivity index (χ4v) is 1.31. The normalized spacial score (nSPS) is 14.5. The van der Waals surface area contributed by atoms with Crippen LogP contribution in [0.15, 0.2) is 30.3 Å². The summed E-state index contributed by atoms with van der Waals surface area (Å²) in [6.07, 6.45) is 2.23. The fraction of sp³-hybridized carbons (Fsp3) is 0.462. The summed E-state index contributed by atoms with van der Waals surface area (Å²) in [4.78, 5) is 10.5. The third kappa shape index (κ3) is 3.84. The number of carbonyl (C=O) groups is 1. The minimum Gasteiger partial charge on any atom is -0.370 e. The molecule has 0 heterocycles. The third-order valence-corrected chi connectivity index (χ3v) is 2.69. The third-order valence-electron chi connectivity index (χ3n) is 2.69. The molecular formula is C13H18O2. The minimum absolute atomic E-state index is 0.322. The lowest BCUT2D eigenvalue weighted by atomic mass is 10.00. The smallest absolute Gasteiger partial charge is 0.122 e. The molecule has 0 amide bonds. The summed E-state index contributed by atoms with van der Waals surface area (Å²) in [5, 5.41) is 0. The first-order chi connectivity index (χ1) is 7.20. The number of hydrogen-bond donors (Lipinski definition) is 0. The zero-order chi connectivity index (χ0) is 11.1. The molecule has 1 rings (SSSR count). The minimum atomic E-state index is -0.322. The highest BCUT2D eigenvalue weighted by molar-refractivity contribution is 5.51. The van der Waals surface area contributed by atoms with E-state index in [0.29, 0.717) is 13.0 Å². The quantitative estimate of drug-likeness (QED) is 0.669. The van der Waals surface area contributed by atoms with Crippen LogP contribution in [0.3, 0.4) is 0 Å². The summed E-state index contributed by atoms with van der Waals surface area (Å²) in [6.45, 7) is 4.58. The topological polar surface area (TPSA) is 26.3 Å². The van der Waals surface area contributed by atoms with Gasteiger partial charge < -0.3 is 9.53 Å². The molecule has 0 aromatic heterocycles. The molecule has 15 heavy (non-hydrogen) atoms. The molecule has 82 valence electrons. The van der Waals surface area contributed by atoms with Crippen molar-refractivity contribution in [3.8, 4) is 0 Å². The fourth-order valence-electron chi connectivity index (χ4n) is 1.31. The van der Waals surface area contributed by atoms with Crippen molar-refractivity contribution in [2.45, 2.75) is 38.9 Å². The van der Waals surface area contributed by atoms with E-state index in [9.17, 15) is 4.79 Å². The number of hydrogen-bond acceptors (Lipinski definition) is 2. The Kier molecular flexibility index (Phi) is 4.50. The molecular weight excluding hydrogens is 188 g/mol. The highest BCUT2D eigenvalue weighted by Crippen LogP contribution is 2.20. The van der Waals surface area contributed by atoms with Crippen molar-refractivity contribution in [1.29, 1.82) is 0 Å². The van der Waals surface area contributed by atoms with E-state index in [0.717, 1.165) is 18.3 Å². The molecule has 0 radical (unpaired) electrons. The van der Waals surface area contributed by atoms with E-state index in [4.69, 9.17) is 4.74 Å². The van der Waals surface area contributed by atoms with E-state index >= 15 is 0 Å². The van der Waals surface area contributed by atoms with Gasteiger partial charge in [0.1, 0.15) is 6.29 Å². The van der Waals surface area contributed by atoms with E-state index in [1.165, 1.54) is 0 Å².